The molecule has 2 saturated heterocycles. The molecule has 2 fully saturated rings. The van der Waals surface area contributed by atoms with Crippen molar-refractivity contribution in [3.8, 4) is 0 Å². The zero-order valence-electron chi connectivity index (χ0n) is 20.1. The number of methoxy groups -OCH3 is 1. The lowest BCUT2D eigenvalue weighted by atomic mass is 9.84. The predicted molar refractivity (Wildman–Crippen MR) is 119 cm³/mol. The van der Waals surface area contributed by atoms with Crippen molar-refractivity contribution >= 4 is 24.2 Å². The second-order valence-electron chi connectivity index (χ2n) is 8.54. The van der Waals surface area contributed by atoms with E-state index in [1.54, 1.807) is 6.92 Å². The number of carboxylic acid groups (broad SMARTS) is 1. The lowest BCUT2D eigenvalue weighted by Gasteiger charge is -2.46. The largest absolute Gasteiger partial charge is 0.479 e. The summed E-state index contributed by atoms with van der Waals surface area (Å²) in [6.07, 6.45) is -7.50. The molecule has 0 radical (unpaired) electrons. The number of rotatable bonds is 14. The first-order valence-electron chi connectivity index (χ1n) is 11.3. The molecule has 2 aliphatic heterocycles. The van der Waals surface area contributed by atoms with Crippen LogP contribution in [-0.4, -0.2) is 120 Å². The minimum atomic E-state index is -1.39. The van der Waals surface area contributed by atoms with Gasteiger partial charge in [0.05, 0.1) is 38.6 Å². The number of hydrogen-bond acceptors (Lipinski definition) is 14. The molecule has 2 aliphatic rings. The lowest BCUT2D eigenvalue weighted by molar-refractivity contribution is -0.434. The van der Waals surface area contributed by atoms with Gasteiger partial charge in [-0.25, -0.2) is 10.1 Å². The van der Waals surface area contributed by atoms with Crippen molar-refractivity contribution in [3.05, 3.63) is 0 Å². The zero-order chi connectivity index (χ0) is 26.8. The van der Waals surface area contributed by atoms with Gasteiger partial charge in [0.25, 0.3) is 0 Å². The fourth-order valence-electron chi connectivity index (χ4n) is 4.61. The summed E-state index contributed by atoms with van der Waals surface area (Å²) in [6.45, 7) is 2.12. The van der Waals surface area contributed by atoms with Gasteiger partial charge < -0.3 is 44.7 Å². The van der Waals surface area contributed by atoms with Crippen LogP contribution in [0.15, 0.2) is 0 Å². The molecule has 10 atom stereocenters. The Balaban J connectivity index is 2.19. The van der Waals surface area contributed by atoms with Crippen LogP contribution in [0.25, 0.3) is 0 Å². The molecule has 0 aromatic rings. The van der Waals surface area contributed by atoms with Crippen molar-refractivity contribution in [1.82, 2.24) is 5.32 Å². The quantitative estimate of drug-likeness (QED) is 0.0634. The van der Waals surface area contributed by atoms with Gasteiger partial charge in [0.2, 0.25) is 5.91 Å². The van der Waals surface area contributed by atoms with Crippen LogP contribution >= 0.6 is 12.3 Å². The van der Waals surface area contributed by atoms with Crippen molar-refractivity contribution in [2.75, 3.05) is 33.5 Å². The van der Waals surface area contributed by atoms with E-state index in [1.807, 2.05) is 0 Å². The molecule has 15 nitrogen and oxygen atoms in total. The molecule has 0 bridgehead atoms. The third-order valence-corrected chi connectivity index (χ3v) is 6.69. The molecule has 16 heteroatoms. The van der Waals surface area contributed by atoms with E-state index >= 15 is 0 Å². The highest BCUT2D eigenvalue weighted by Gasteiger charge is 2.49. The van der Waals surface area contributed by atoms with Crippen LogP contribution in [0.2, 0.25) is 0 Å². The number of carboxylic acids is 1. The highest BCUT2D eigenvalue weighted by Crippen LogP contribution is 2.33. The maximum atomic E-state index is 11.9. The van der Waals surface area contributed by atoms with Crippen molar-refractivity contribution in [2.24, 2.45) is 11.8 Å². The topological polar surface area (TPSA) is 212 Å². The number of ether oxygens (including phenoxy) is 4. The zero-order valence-corrected chi connectivity index (χ0v) is 20.9. The van der Waals surface area contributed by atoms with Gasteiger partial charge in [-0.05, 0) is 6.42 Å². The van der Waals surface area contributed by atoms with Crippen molar-refractivity contribution in [3.63, 3.8) is 0 Å². The molecule has 4 unspecified atom stereocenters. The molecule has 1 amide bonds. The Morgan fingerprint density at radius 1 is 1.03 bits per heavy atom. The summed E-state index contributed by atoms with van der Waals surface area (Å²) in [5.74, 6) is -3.14. The van der Waals surface area contributed by atoms with Gasteiger partial charge in [0, 0.05) is 25.9 Å². The minimum absolute atomic E-state index is 0.0589. The first-order valence-corrected chi connectivity index (χ1v) is 12.0. The Hall–Kier alpha value is -1.15. The van der Waals surface area contributed by atoms with Gasteiger partial charge >= 0.3 is 5.97 Å². The Kier molecular flexibility index (Phi) is 13.2. The van der Waals surface area contributed by atoms with E-state index in [2.05, 4.69) is 14.7 Å². The lowest BCUT2D eigenvalue weighted by Crippen LogP contribution is -2.63. The monoisotopic (exact) mass is 545 g/mol. The second-order valence-corrected chi connectivity index (χ2v) is 9.00. The molecule has 0 aliphatic carbocycles. The average molecular weight is 546 g/mol. The first-order chi connectivity index (χ1) is 17.2. The number of hydrogen-bond donors (Lipinski definition) is 6. The molecule has 36 heavy (non-hydrogen) atoms. The van der Waals surface area contributed by atoms with Crippen LogP contribution in [-0.2, 0) is 42.1 Å². The van der Waals surface area contributed by atoms with Crippen LogP contribution in [0.1, 0.15) is 20.3 Å². The summed E-state index contributed by atoms with van der Waals surface area (Å²) in [4.78, 5) is 23.5. The van der Waals surface area contributed by atoms with Gasteiger partial charge in [-0.2, -0.15) is 0 Å². The number of aliphatic carboxylic acids is 1. The Labute approximate surface area is 212 Å². The number of aliphatic hydroxyl groups excluding tert-OH is 3. The second kappa shape index (κ2) is 15.3. The number of carbonyl (C=O) groups is 2. The Morgan fingerprint density at radius 3 is 2.31 bits per heavy atom. The van der Waals surface area contributed by atoms with Crippen molar-refractivity contribution in [2.45, 2.75) is 69.0 Å². The van der Waals surface area contributed by atoms with Gasteiger partial charge in [0.1, 0.15) is 30.5 Å². The minimum Gasteiger partial charge on any atom is -0.479 e. The van der Waals surface area contributed by atoms with E-state index in [-0.39, 0.29) is 44.5 Å². The summed E-state index contributed by atoms with van der Waals surface area (Å²) >= 11 is 0.261. The normalized spacial score (nSPS) is 37.0. The van der Waals surface area contributed by atoms with Crippen LogP contribution in [0.3, 0.4) is 0 Å². The molecule has 0 spiro atoms. The molecular weight excluding hydrogens is 510 g/mol. The highest BCUT2D eigenvalue weighted by molar-refractivity contribution is 7.89. The SMILES string of the molecule is CC[C@@H]1C(C(=O)O)O[C@@H](COC[C@H]2C(NC(C)=O)[C@H](COC)OC(CO)[C@H]2OSOOO)C(O)[C@@H]1O. The van der Waals surface area contributed by atoms with Crippen molar-refractivity contribution < 1.29 is 67.8 Å². The fourth-order valence-corrected chi connectivity index (χ4v) is 5.03. The van der Waals surface area contributed by atoms with Crippen molar-refractivity contribution in [1.29, 1.82) is 0 Å². The van der Waals surface area contributed by atoms with Crippen LogP contribution < -0.4 is 5.32 Å². The summed E-state index contributed by atoms with van der Waals surface area (Å²) in [6, 6.07) is -0.732. The maximum absolute atomic E-state index is 11.9. The smallest absolute Gasteiger partial charge is 0.333 e. The van der Waals surface area contributed by atoms with Gasteiger partial charge in [-0.3, -0.25) is 8.98 Å². The molecule has 0 aromatic heterocycles. The number of aliphatic hydroxyl groups is 3. The van der Waals surface area contributed by atoms with Crippen LogP contribution in [0.4, 0.5) is 0 Å². The number of nitrogens with one attached hydrogen (secondary N) is 1. The summed E-state index contributed by atoms with van der Waals surface area (Å²) in [5.41, 5.74) is 0. The van der Waals surface area contributed by atoms with Crippen LogP contribution in [0, 0.1) is 11.8 Å². The van der Waals surface area contributed by atoms with Crippen LogP contribution in [0.5, 0.6) is 0 Å². The molecule has 6 N–H and O–H groups in total. The van der Waals surface area contributed by atoms with E-state index in [1.165, 1.54) is 14.0 Å². The highest BCUT2D eigenvalue weighted by atomic mass is 32.2. The number of carbonyl (C=O) groups excluding carboxylic acids is 1. The summed E-state index contributed by atoms with van der Waals surface area (Å²) < 4.78 is 32.1. The third-order valence-electron chi connectivity index (χ3n) is 6.28. The number of amides is 1. The Morgan fingerprint density at radius 2 is 1.75 bits per heavy atom. The molecule has 2 rings (SSSR count). The fraction of sp³-hybridized carbons (Fsp3) is 0.900. The maximum Gasteiger partial charge on any atom is 0.333 e. The van der Waals surface area contributed by atoms with E-state index in [0.29, 0.717) is 0 Å². The summed E-state index contributed by atoms with van der Waals surface area (Å²) in [7, 11) is 1.44. The molecular formula is C20H35NO14S. The Bertz CT molecular complexity index is 689. The van der Waals surface area contributed by atoms with E-state index in [4.69, 9.17) is 28.4 Å². The molecule has 0 saturated carbocycles. The van der Waals surface area contributed by atoms with E-state index in [9.17, 15) is 30.0 Å². The van der Waals surface area contributed by atoms with Gasteiger partial charge in [-0.1, -0.05) is 12.0 Å². The van der Waals surface area contributed by atoms with E-state index < -0.39 is 73.2 Å². The predicted octanol–water partition coefficient (Wildman–Crippen LogP) is -1.50. The summed E-state index contributed by atoms with van der Waals surface area (Å²) in [5, 5.41) is 54.9. The molecule has 2 heterocycles. The first kappa shape index (κ1) is 31.1. The average Bonchev–Trinajstić information content (AvgIpc) is 2.83. The van der Waals surface area contributed by atoms with Gasteiger partial charge in [0.15, 0.2) is 18.4 Å². The molecule has 210 valence electrons. The molecule has 0 aromatic carbocycles. The third kappa shape index (κ3) is 7.92. The van der Waals surface area contributed by atoms with E-state index in [0.717, 1.165) is 0 Å². The van der Waals surface area contributed by atoms with Gasteiger partial charge in [-0.15, -0.1) is 4.33 Å². The standard InChI is InChI=1S/C20H35NO14S/c1-4-10-16(24)17(25)14(32-19(10)20(26)27)8-30-6-11-15(21-9(2)23)13(7-29-3)31-12(5-22)18(11)33-36-35-34-28/h10-19,22,24-25,28H,4-8H2,1-3H3,(H,21,23)(H,26,27)/t10-,11-,12?,13-,14-,15?,16+,17?,18-,19?/m0/s1.